The standard InChI is InChI=1S/C19H19NOS/c1-2-6-16-14(5-1)13-22-19-8-4-3-7-17(19)18(16)11-15-12-20-9-10-21-15/h1-8,11,15,20H,9-10,12-13H2. The maximum Gasteiger partial charge on any atom is 0.0890 e. The van der Waals surface area contributed by atoms with Crippen molar-refractivity contribution < 1.29 is 4.74 Å². The molecule has 1 N–H and O–H groups in total. The van der Waals surface area contributed by atoms with Gasteiger partial charge in [-0.1, -0.05) is 42.5 Å². The number of benzene rings is 2. The van der Waals surface area contributed by atoms with Crippen molar-refractivity contribution in [3.63, 3.8) is 0 Å². The van der Waals surface area contributed by atoms with Crippen LogP contribution < -0.4 is 5.32 Å². The molecule has 2 heterocycles. The molecule has 0 bridgehead atoms. The second-order valence-electron chi connectivity index (χ2n) is 5.64. The Labute approximate surface area is 135 Å². The zero-order valence-corrected chi connectivity index (χ0v) is 13.2. The number of ether oxygens (including phenoxy) is 1. The number of hydrogen-bond donors (Lipinski definition) is 1. The zero-order valence-electron chi connectivity index (χ0n) is 12.4. The third-order valence-corrected chi connectivity index (χ3v) is 5.30. The van der Waals surface area contributed by atoms with Gasteiger partial charge in [0.25, 0.3) is 0 Å². The molecule has 4 rings (SSSR count). The molecule has 2 aromatic carbocycles. The van der Waals surface area contributed by atoms with Crippen LogP contribution in [0.1, 0.15) is 16.7 Å². The predicted octanol–water partition coefficient (Wildman–Crippen LogP) is 3.71. The fraction of sp³-hybridized carbons (Fsp3) is 0.263. The highest BCUT2D eigenvalue weighted by Gasteiger charge is 2.20. The molecule has 1 fully saturated rings. The molecule has 2 aliphatic rings. The maximum atomic E-state index is 5.91. The van der Waals surface area contributed by atoms with Crippen molar-refractivity contribution >= 4 is 17.3 Å². The second kappa shape index (κ2) is 6.29. The summed E-state index contributed by atoms with van der Waals surface area (Å²) in [6.07, 6.45) is 2.45. The van der Waals surface area contributed by atoms with Crippen LogP contribution in [-0.4, -0.2) is 25.8 Å². The van der Waals surface area contributed by atoms with Crippen LogP contribution in [0.4, 0.5) is 0 Å². The first-order valence-electron chi connectivity index (χ1n) is 7.76. The van der Waals surface area contributed by atoms with Gasteiger partial charge in [0.15, 0.2) is 0 Å². The fourth-order valence-electron chi connectivity index (χ4n) is 3.08. The lowest BCUT2D eigenvalue weighted by atomic mass is 9.93. The van der Waals surface area contributed by atoms with Crippen molar-refractivity contribution in [2.45, 2.75) is 16.8 Å². The van der Waals surface area contributed by atoms with Crippen molar-refractivity contribution in [2.24, 2.45) is 0 Å². The van der Waals surface area contributed by atoms with E-state index in [1.807, 2.05) is 11.8 Å². The molecule has 1 saturated heterocycles. The van der Waals surface area contributed by atoms with Crippen molar-refractivity contribution in [1.82, 2.24) is 5.32 Å². The summed E-state index contributed by atoms with van der Waals surface area (Å²) in [4.78, 5) is 1.36. The lowest BCUT2D eigenvalue weighted by molar-refractivity contribution is 0.0594. The molecule has 0 radical (unpaired) electrons. The van der Waals surface area contributed by atoms with Gasteiger partial charge in [0.2, 0.25) is 0 Å². The van der Waals surface area contributed by atoms with E-state index >= 15 is 0 Å². The van der Waals surface area contributed by atoms with E-state index in [1.165, 1.54) is 27.2 Å². The number of nitrogens with one attached hydrogen (secondary N) is 1. The molecule has 1 unspecified atom stereocenters. The van der Waals surface area contributed by atoms with E-state index in [1.54, 1.807) is 0 Å². The van der Waals surface area contributed by atoms with Crippen LogP contribution in [0.3, 0.4) is 0 Å². The van der Waals surface area contributed by atoms with E-state index in [-0.39, 0.29) is 6.10 Å². The highest BCUT2D eigenvalue weighted by molar-refractivity contribution is 7.98. The van der Waals surface area contributed by atoms with E-state index < -0.39 is 0 Å². The number of hydrogen-bond acceptors (Lipinski definition) is 3. The second-order valence-corrected chi connectivity index (χ2v) is 6.65. The Morgan fingerprint density at radius 3 is 2.73 bits per heavy atom. The number of morpholine rings is 1. The van der Waals surface area contributed by atoms with Gasteiger partial charge in [-0.2, -0.15) is 0 Å². The first-order valence-corrected chi connectivity index (χ1v) is 8.75. The SMILES string of the molecule is C(=C1c2ccccc2CSc2ccccc21)C1CNCCO1. The van der Waals surface area contributed by atoms with Crippen molar-refractivity contribution in [3.05, 3.63) is 71.3 Å². The summed E-state index contributed by atoms with van der Waals surface area (Å²) in [6.45, 7) is 2.62. The lowest BCUT2D eigenvalue weighted by Crippen LogP contribution is -2.37. The van der Waals surface area contributed by atoms with Gasteiger partial charge in [0.1, 0.15) is 0 Å². The van der Waals surface area contributed by atoms with Gasteiger partial charge in [-0.05, 0) is 34.4 Å². The summed E-state index contributed by atoms with van der Waals surface area (Å²) in [7, 11) is 0. The van der Waals surface area contributed by atoms with Crippen LogP contribution in [0.2, 0.25) is 0 Å². The summed E-state index contributed by atoms with van der Waals surface area (Å²) in [5, 5.41) is 3.41. The number of thioether (sulfide) groups is 1. The molecule has 2 aromatic rings. The quantitative estimate of drug-likeness (QED) is 0.867. The lowest BCUT2D eigenvalue weighted by Gasteiger charge is -2.22. The van der Waals surface area contributed by atoms with Gasteiger partial charge in [-0.25, -0.2) is 0 Å². The third-order valence-electron chi connectivity index (χ3n) is 4.18. The summed E-state index contributed by atoms with van der Waals surface area (Å²) in [5.41, 5.74) is 5.38. The van der Waals surface area contributed by atoms with E-state index in [2.05, 4.69) is 59.9 Å². The van der Waals surface area contributed by atoms with Crippen LogP contribution in [0.15, 0.2) is 59.5 Å². The van der Waals surface area contributed by atoms with Crippen LogP contribution in [0.25, 0.3) is 5.57 Å². The normalized spacial score (nSPS) is 22.7. The van der Waals surface area contributed by atoms with Crippen LogP contribution >= 0.6 is 11.8 Å². The highest BCUT2D eigenvalue weighted by Crippen LogP contribution is 2.40. The van der Waals surface area contributed by atoms with Crippen molar-refractivity contribution in [2.75, 3.05) is 19.7 Å². The Hall–Kier alpha value is -1.55. The minimum Gasteiger partial charge on any atom is -0.371 e. The topological polar surface area (TPSA) is 21.3 Å². The van der Waals surface area contributed by atoms with E-state index in [4.69, 9.17) is 4.74 Å². The average molecular weight is 309 g/mol. The van der Waals surface area contributed by atoms with E-state index in [0.717, 1.165) is 25.4 Å². The average Bonchev–Trinajstić information content (AvgIpc) is 2.74. The van der Waals surface area contributed by atoms with Gasteiger partial charge in [0, 0.05) is 23.7 Å². The van der Waals surface area contributed by atoms with Gasteiger partial charge in [-0.3, -0.25) is 0 Å². The Morgan fingerprint density at radius 2 is 1.86 bits per heavy atom. The smallest absolute Gasteiger partial charge is 0.0890 e. The van der Waals surface area contributed by atoms with Crippen molar-refractivity contribution in [1.29, 1.82) is 0 Å². The molecule has 3 heteroatoms. The first-order chi connectivity index (χ1) is 10.9. The van der Waals surface area contributed by atoms with Gasteiger partial charge in [0.05, 0.1) is 12.7 Å². The van der Waals surface area contributed by atoms with E-state index in [0.29, 0.717) is 0 Å². The molecule has 0 spiro atoms. The molecule has 2 aliphatic heterocycles. The van der Waals surface area contributed by atoms with Crippen LogP contribution in [0, 0.1) is 0 Å². The zero-order chi connectivity index (χ0) is 14.8. The molecular formula is C19H19NOS. The van der Waals surface area contributed by atoms with Crippen LogP contribution in [0.5, 0.6) is 0 Å². The Morgan fingerprint density at radius 1 is 1.05 bits per heavy atom. The maximum absolute atomic E-state index is 5.91. The monoisotopic (exact) mass is 309 g/mol. The van der Waals surface area contributed by atoms with Gasteiger partial charge >= 0.3 is 0 Å². The predicted molar refractivity (Wildman–Crippen MR) is 92.1 cm³/mol. The number of rotatable bonds is 1. The first kappa shape index (κ1) is 14.1. The summed E-state index contributed by atoms with van der Waals surface area (Å²) < 4.78 is 5.91. The van der Waals surface area contributed by atoms with E-state index in [9.17, 15) is 0 Å². The Bertz CT molecular complexity index is 655. The molecule has 112 valence electrons. The molecule has 1 atom stereocenters. The molecule has 0 amide bonds. The largest absolute Gasteiger partial charge is 0.371 e. The Balaban J connectivity index is 1.85. The molecule has 0 saturated carbocycles. The fourth-order valence-corrected chi connectivity index (χ4v) is 4.15. The molecule has 0 aromatic heterocycles. The number of fused-ring (bicyclic) bond motifs is 2. The minimum absolute atomic E-state index is 0.146. The molecule has 0 aliphatic carbocycles. The van der Waals surface area contributed by atoms with Crippen LogP contribution in [-0.2, 0) is 10.5 Å². The van der Waals surface area contributed by atoms with Gasteiger partial charge < -0.3 is 10.1 Å². The Kier molecular flexibility index (Phi) is 4.02. The van der Waals surface area contributed by atoms with Gasteiger partial charge in [-0.15, -0.1) is 11.8 Å². The minimum atomic E-state index is 0.146. The molecule has 2 nitrogen and oxygen atoms in total. The highest BCUT2D eigenvalue weighted by atomic mass is 32.2. The summed E-state index contributed by atoms with van der Waals surface area (Å²) >= 11 is 1.92. The molecule has 22 heavy (non-hydrogen) atoms. The van der Waals surface area contributed by atoms with Crippen molar-refractivity contribution in [3.8, 4) is 0 Å². The summed E-state index contributed by atoms with van der Waals surface area (Å²) in [5.74, 6) is 1.02. The summed E-state index contributed by atoms with van der Waals surface area (Å²) in [6, 6.07) is 17.4. The third kappa shape index (κ3) is 2.72. The molecular weight excluding hydrogens is 290 g/mol.